The number of thiazole rings is 1. The summed E-state index contributed by atoms with van der Waals surface area (Å²) in [6, 6.07) is 8.06. The van der Waals surface area contributed by atoms with Gasteiger partial charge in [0, 0.05) is 24.1 Å². The van der Waals surface area contributed by atoms with Crippen LogP contribution in [0.3, 0.4) is 0 Å². The maximum Gasteiger partial charge on any atom is 0.129 e. The molecule has 0 fully saturated rings. The van der Waals surface area contributed by atoms with Crippen LogP contribution in [-0.2, 0) is 7.05 Å². The van der Waals surface area contributed by atoms with Crippen molar-refractivity contribution in [1.82, 2.24) is 14.5 Å². The smallest absolute Gasteiger partial charge is 0.129 e. The van der Waals surface area contributed by atoms with Crippen molar-refractivity contribution in [2.24, 2.45) is 7.05 Å². The molecule has 4 rings (SSSR count). The Bertz CT molecular complexity index is 1010. The zero-order chi connectivity index (χ0) is 15.3. The fourth-order valence-electron chi connectivity index (χ4n) is 2.72. The summed E-state index contributed by atoms with van der Waals surface area (Å²) >= 11 is 7.60. The van der Waals surface area contributed by atoms with E-state index in [1.165, 1.54) is 0 Å². The van der Waals surface area contributed by atoms with Gasteiger partial charge in [0.15, 0.2) is 0 Å². The molecule has 0 spiro atoms. The molecule has 0 radical (unpaired) electrons. The Morgan fingerprint density at radius 1 is 1.18 bits per heavy atom. The zero-order valence-corrected chi connectivity index (χ0v) is 13.6. The minimum atomic E-state index is 0.492. The van der Waals surface area contributed by atoms with Gasteiger partial charge >= 0.3 is 0 Å². The zero-order valence-electron chi connectivity index (χ0n) is 12.0. The number of nitrogens with zero attached hydrogens (tertiary/aromatic N) is 3. The Balaban J connectivity index is 2.03. The third-order valence-corrected chi connectivity index (χ3v) is 4.82. The molecule has 0 saturated carbocycles. The second kappa shape index (κ2) is 4.97. The van der Waals surface area contributed by atoms with E-state index < -0.39 is 0 Å². The first-order valence-corrected chi connectivity index (χ1v) is 7.95. The largest absolute Gasteiger partial charge is 0.496 e. The molecule has 4 aromatic rings. The van der Waals surface area contributed by atoms with E-state index in [-0.39, 0.29) is 0 Å². The van der Waals surface area contributed by atoms with Gasteiger partial charge in [-0.25, -0.2) is 9.97 Å². The highest BCUT2D eigenvalue weighted by molar-refractivity contribution is 7.16. The molecule has 3 aromatic heterocycles. The molecule has 110 valence electrons. The van der Waals surface area contributed by atoms with Gasteiger partial charge in [0.1, 0.15) is 10.9 Å². The molecule has 0 saturated heterocycles. The Hall–Kier alpha value is -2.11. The van der Waals surface area contributed by atoms with E-state index in [1.54, 1.807) is 24.6 Å². The number of fused-ring (bicyclic) bond motifs is 2. The topological polar surface area (TPSA) is 39.9 Å². The van der Waals surface area contributed by atoms with Crippen molar-refractivity contribution >= 4 is 44.1 Å². The molecule has 0 aliphatic heterocycles. The van der Waals surface area contributed by atoms with Crippen molar-refractivity contribution in [1.29, 1.82) is 0 Å². The SMILES string of the molecule is COc1cc2scnc2cc1-c1cc2cc(Cl)ncc2n1C. The number of hydrogen-bond acceptors (Lipinski definition) is 4. The second-order valence-corrected chi connectivity index (χ2v) is 6.30. The van der Waals surface area contributed by atoms with E-state index in [0.717, 1.165) is 38.1 Å². The maximum absolute atomic E-state index is 5.99. The molecule has 22 heavy (non-hydrogen) atoms. The summed E-state index contributed by atoms with van der Waals surface area (Å²) in [6.45, 7) is 0. The van der Waals surface area contributed by atoms with Gasteiger partial charge in [0.2, 0.25) is 0 Å². The fraction of sp³-hybridized carbons (Fsp3) is 0.125. The van der Waals surface area contributed by atoms with Gasteiger partial charge in [0.05, 0.1) is 40.2 Å². The number of pyridine rings is 1. The van der Waals surface area contributed by atoms with Gasteiger partial charge in [-0.1, -0.05) is 11.6 Å². The summed E-state index contributed by atoms with van der Waals surface area (Å²) in [5, 5.41) is 1.55. The van der Waals surface area contributed by atoms with Crippen LogP contribution in [0.4, 0.5) is 0 Å². The quantitative estimate of drug-likeness (QED) is 0.508. The number of hydrogen-bond donors (Lipinski definition) is 0. The Labute approximate surface area is 135 Å². The van der Waals surface area contributed by atoms with E-state index in [1.807, 2.05) is 24.7 Å². The minimum absolute atomic E-state index is 0.492. The lowest BCUT2D eigenvalue weighted by molar-refractivity contribution is 0.417. The number of methoxy groups -OCH3 is 1. The molecule has 0 aliphatic carbocycles. The monoisotopic (exact) mass is 329 g/mol. The number of aryl methyl sites for hydroxylation is 1. The van der Waals surface area contributed by atoms with Gasteiger partial charge in [-0.05, 0) is 18.2 Å². The number of halogens is 1. The van der Waals surface area contributed by atoms with Crippen molar-refractivity contribution in [2.45, 2.75) is 0 Å². The summed E-state index contributed by atoms with van der Waals surface area (Å²) in [7, 11) is 3.70. The first-order chi connectivity index (χ1) is 10.7. The highest BCUT2D eigenvalue weighted by Crippen LogP contribution is 2.37. The molecule has 0 bridgehead atoms. The molecule has 0 unspecified atom stereocenters. The van der Waals surface area contributed by atoms with Crippen LogP contribution in [0.15, 0.2) is 36.0 Å². The third kappa shape index (κ3) is 1.97. The van der Waals surface area contributed by atoms with Gasteiger partial charge in [-0.15, -0.1) is 11.3 Å². The maximum atomic E-state index is 5.99. The summed E-state index contributed by atoms with van der Waals surface area (Å²) in [4.78, 5) is 8.56. The highest BCUT2D eigenvalue weighted by atomic mass is 35.5. The van der Waals surface area contributed by atoms with Crippen molar-refractivity contribution in [3.8, 4) is 17.0 Å². The average molecular weight is 330 g/mol. The molecule has 0 amide bonds. The fourth-order valence-corrected chi connectivity index (χ4v) is 3.57. The third-order valence-electron chi connectivity index (χ3n) is 3.82. The van der Waals surface area contributed by atoms with E-state index in [2.05, 4.69) is 26.7 Å². The van der Waals surface area contributed by atoms with E-state index in [0.29, 0.717) is 5.15 Å². The molecule has 6 heteroatoms. The molecule has 1 aromatic carbocycles. The van der Waals surface area contributed by atoms with E-state index in [4.69, 9.17) is 16.3 Å². The Morgan fingerprint density at radius 2 is 2.05 bits per heavy atom. The van der Waals surface area contributed by atoms with Crippen LogP contribution in [0.25, 0.3) is 32.4 Å². The van der Waals surface area contributed by atoms with Crippen LogP contribution in [0.5, 0.6) is 5.75 Å². The van der Waals surface area contributed by atoms with Crippen LogP contribution in [0.1, 0.15) is 0 Å². The lowest BCUT2D eigenvalue weighted by atomic mass is 10.1. The van der Waals surface area contributed by atoms with Crippen LogP contribution in [-0.4, -0.2) is 21.6 Å². The van der Waals surface area contributed by atoms with Crippen molar-refractivity contribution in [3.05, 3.63) is 41.1 Å². The summed E-state index contributed by atoms with van der Waals surface area (Å²) in [5.41, 5.74) is 5.91. The summed E-state index contributed by atoms with van der Waals surface area (Å²) < 4.78 is 8.78. The number of rotatable bonds is 2. The lowest BCUT2D eigenvalue weighted by Crippen LogP contribution is -1.94. The number of benzene rings is 1. The predicted molar refractivity (Wildman–Crippen MR) is 90.9 cm³/mol. The predicted octanol–water partition coefficient (Wildman–Crippen LogP) is 4.51. The molecular formula is C16H12ClN3OS. The average Bonchev–Trinajstić information content (AvgIpc) is 3.09. The second-order valence-electron chi connectivity index (χ2n) is 5.03. The molecule has 4 nitrogen and oxygen atoms in total. The lowest BCUT2D eigenvalue weighted by Gasteiger charge is -2.10. The first-order valence-electron chi connectivity index (χ1n) is 6.70. The molecule has 0 aliphatic rings. The number of ether oxygens (including phenoxy) is 1. The van der Waals surface area contributed by atoms with Gasteiger partial charge in [-0.3, -0.25) is 0 Å². The summed E-state index contributed by atoms with van der Waals surface area (Å²) in [6.07, 6.45) is 1.79. The minimum Gasteiger partial charge on any atom is -0.496 e. The van der Waals surface area contributed by atoms with E-state index >= 15 is 0 Å². The number of aromatic nitrogens is 3. The van der Waals surface area contributed by atoms with E-state index in [9.17, 15) is 0 Å². The van der Waals surface area contributed by atoms with Crippen LogP contribution in [0.2, 0.25) is 5.15 Å². The molecule has 0 atom stereocenters. The van der Waals surface area contributed by atoms with Crippen LogP contribution >= 0.6 is 22.9 Å². The summed E-state index contributed by atoms with van der Waals surface area (Å²) in [5.74, 6) is 0.835. The molecular weight excluding hydrogens is 318 g/mol. The first kappa shape index (κ1) is 13.5. The Morgan fingerprint density at radius 3 is 2.86 bits per heavy atom. The molecule has 0 N–H and O–H groups in total. The van der Waals surface area contributed by atoms with Crippen molar-refractivity contribution in [3.63, 3.8) is 0 Å². The van der Waals surface area contributed by atoms with Crippen LogP contribution < -0.4 is 4.74 Å². The van der Waals surface area contributed by atoms with Crippen molar-refractivity contribution < 1.29 is 4.74 Å². The standard InChI is InChI=1S/C16H12ClN3OS/c1-20-12(3-9-4-16(17)18-7-13(9)20)10-5-11-15(22-8-19-11)6-14(10)21-2/h3-8H,1-2H3. The van der Waals surface area contributed by atoms with Crippen LogP contribution in [0, 0.1) is 0 Å². The normalized spacial score (nSPS) is 11.4. The Kier molecular flexibility index (Phi) is 3.06. The highest BCUT2D eigenvalue weighted by Gasteiger charge is 2.15. The van der Waals surface area contributed by atoms with Crippen molar-refractivity contribution in [2.75, 3.05) is 7.11 Å². The van der Waals surface area contributed by atoms with Gasteiger partial charge in [0.25, 0.3) is 0 Å². The molecule has 3 heterocycles. The van der Waals surface area contributed by atoms with Gasteiger partial charge < -0.3 is 9.30 Å². The van der Waals surface area contributed by atoms with Gasteiger partial charge in [-0.2, -0.15) is 0 Å².